The van der Waals surface area contributed by atoms with Crippen molar-refractivity contribution in [3.8, 4) is 0 Å². The standard InChI is InChI=1S/C10H22N2.C6H16N2/c1-8-6-4-5-7-10(11,12)9(8,2)3;7-5-3-1-2-4-6-8/h8H,4-7,11-12H2,1-3H3;1-8H2. The van der Waals surface area contributed by atoms with Gasteiger partial charge in [-0.3, -0.25) is 0 Å². The van der Waals surface area contributed by atoms with Crippen molar-refractivity contribution in [1.82, 2.24) is 0 Å². The Morgan fingerprint density at radius 3 is 1.85 bits per heavy atom. The number of rotatable bonds is 5. The molecule has 1 unspecified atom stereocenters. The SMILES string of the molecule is CC1CCCCC(N)(N)C1(C)C.NCCCCCCN. The highest BCUT2D eigenvalue weighted by Crippen LogP contribution is 2.41. The van der Waals surface area contributed by atoms with E-state index < -0.39 is 5.66 Å². The van der Waals surface area contributed by atoms with Crippen LogP contribution in [0.2, 0.25) is 0 Å². The van der Waals surface area contributed by atoms with Crippen molar-refractivity contribution in [3.63, 3.8) is 0 Å². The second-order valence-electron chi connectivity index (χ2n) is 6.90. The van der Waals surface area contributed by atoms with E-state index in [2.05, 4.69) is 20.8 Å². The van der Waals surface area contributed by atoms with Crippen LogP contribution < -0.4 is 22.9 Å². The quantitative estimate of drug-likeness (QED) is 0.353. The first kappa shape index (κ1) is 19.8. The van der Waals surface area contributed by atoms with Crippen LogP contribution in [0, 0.1) is 11.3 Å². The largest absolute Gasteiger partial charge is 0.330 e. The Hall–Kier alpha value is -0.160. The molecule has 1 atom stereocenters. The van der Waals surface area contributed by atoms with Crippen molar-refractivity contribution in [2.75, 3.05) is 13.1 Å². The molecule has 20 heavy (non-hydrogen) atoms. The highest BCUT2D eigenvalue weighted by Gasteiger charge is 2.43. The zero-order valence-electron chi connectivity index (χ0n) is 14.0. The molecule has 0 aromatic heterocycles. The minimum Gasteiger partial charge on any atom is -0.330 e. The summed E-state index contributed by atoms with van der Waals surface area (Å²) in [7, 11) is 0. The Morgan fingerprint density at radius 1 is 0.900 bits per heavy atom. The first-order valence-electron chi connectivity index (χ1n) is 8.27. The van der Waals surface area contributed by atoms with Crippen LogP contribution in [0.4, 0.5) is 0 Å². The van der Waals surface area contributed by atoms with Crippen LogP contribution in [0.5, 0.6) is 0 Å². The van der Waals surface area contributed by atoms with Crippen LogP contribution in [-0.2, 0) is 0 Å². The molecule has 4 nitrogen and oxygen atoms in total. The molecule has 0 bridgehead atoms. The second kappa shape index (κ2) is 9.72. The molecule has 1 rings (SSSR count). The molecule has 1 aliphatic rings. The van der Waals surface area contributed by atoms with Gasteiger partial charge in [0.25, 0.3) is 0 Å². The predicted molar refractivity (Wildman–Crippen MR) is 89.1 cm³/mol. The van der Waals surface area contributed by atoms with Gasteiger partial charge >= 0.3 is 0 Å². The first-order chi connectivity index (χ1) is 9.29. The molecular weight excluding hydrogens is 248 g/mol. The summed E-state index contributed by atoms with van der Waals surface area (Å²) in [6.45, 7) is 8.31. The first-order valence-corrected chi connectivity index (χ1v) is 8.27. The van der Waals surface area contributed by atoms with Crippen molar-refractivity contribution in [2.24, 2.45) is 34.3 Å². The summed E-state index contributed by atoms with van der Waals surface area (Å²) in [6, 6.07) is 0. The normalized spacial score (nSPS) is 24.4. The van der Waals surface area contributed by atoms with Crippen molar-refractivity contribution >= 4 is 0 Å². The van der Waals surface area contributed by atoms with Crippen LogP contribution in [0.25, 0.3) is 0 Å². The molecular formula is C16H38N4. The van der Waals surface area contributed by atoms with Gasteiger partial charge in [-0.1, -0.05) is 52.9 Å². The third-order valence-corrected chi connectivity index (χ3v) is 5.07. The van der Waals surface area contributed by atoms with Gasteiger partial charge in [-0.05, 0) is 43.7 Å². The van der Waals surface area contributed by atoms with E-state index in [1.807, 2.05) is 0 Å². The van der Waals surface area contributed by atoms with Gasteiger partial charge < -0.3 is 22.9 Å². The van der Waals surface area contributed by atoms with E-state index >= 15 is 0 Å². The van der Waals surface area contributed by atoms with E-state index in [4.69, 9.17) is 22.9 Å². The van der Waals surface area contributed by atoms with Gasteiger partial charge in [0.2, 0.25) is 0 Å². The minimum absolute atomic E-state index is 0.0729. The molecule has 122 valence electrons. The third kappa shape index (κ3) is 6.53. The zero-order valence-corrected chi connectivity index (χ0v) is 14.0. The Kier molecular flexibility index (Phi) is 9.64. The highest BCUT2D eigenvalue weighted by molar-refractivity contribution is 4.97. The molecule has 0 aromatic carbocycles. The average Bonchev–Trinajstić information content (AvgIpc) is 2.47. The van der Waals surface area contributed by atoms with E-state index in [-0.39, 0.29) is 5.41 Å². The highest BCUT2D eigenvalue weighted by atomic mass is 15.0. The fraction of sp³-hybridized carbons (Fsp3) is 1.00. The monoisotopic (exact) mass is 286 g/mol. The number of hydrogen-bond donors (Lipinski definition) is 4. The van der Waals surface area contributed by atoms with E-state index in [0.29, 0.717) is 5.92 Å². The summed E-state index contributed by atoms with van der Waals surface area (Å²) in [5.74, 6) is 0.634. The summed E-state index contributed by atoms with van der Waals surface area (Å²) >= 11 is 0. The van der Waals surface area contributed by atoms with E-state index in [1.165, 1.54) is 32.1 Å². The summed E-state index contributed by atoms with van der Waals surface area (Å²) in [6.07, 6.45) is 9.48. The zero-order chi connectivity index (χ0) is 15.6. The van der Waals surface area contributed by atoms with Gasteiger partial charge in [0, 0.05) is 0 Å². The number of hydrogen-bond acceptors (Lipinski definition) is 4. The molecule has 0 aromatic rings. The number of unbranched alkanes of at least 4 members (excludes halogenated alkanes) is 3. The van der Waals surface area contributed by atoms with Crippen LogP contribution in [-0.4, -0.2) is 18.8 Å². The van der Waals surface area contributed by atoms with Gasteiger partial charge in [-0.2, -0.15) is 0 Å². The Balaban J connectivity index is 0.000000396. The third-order valence-electron chi connectivity index (χ3n) is 5.07. The number of nitrogens with two attached hydrogens (primary N) is 4. The summed E-state index contributed by atoms with van der Waals surface area (Å²) < 4.78 is 0. The lowest BCUT2D eigenvalue weighted by atomic mass is 9.69. The predicted octanol–water partition coefficient (Wildman–Crippen LogP) is 2.30. The summed E-state index contributed by atoms with van der Waals surface area (Å²) in [5.41, 5.74) is 22.4. The van der Waals surface area contributed by atoms with Gasteiger partial charge in [0.05, 0.1) is 5.66 Å². The van der Waals surface area contributed by atoms with E-state index in [0.717, 1.165) is 32.4 Å². The van der Waals surface area contributed by atoms with Gasteiger partial charge in [0.15, 0.2) is 0 Å². The Morgan fingerprint density at radius 2 is 1.40 bits per heavy atom. The van der Waals surface area contributed by atoms with Gasteiger partial charge in [-0.15, -0.1) is 0 Å². The summed E-state index contributed by atoms with van der Waals surface area (Å²) in [5, 5.41) is 0. The van der Waals surface area contributed by atoms with Crippen molar-refractivity contribution in [1.29, 1.82) is 0 Å². The lowest BCUT2D eigenvalue weighted by Crippen LogP contribution is -2.61. The maximum absolute atomic E-state index is 6.12. The maximum Gasteiger partial charge on any atom is 0.0691 e. The molecule has 0 saturated heterocycles. The topological polar surface area (TPSA) is 104 Å². The van der Waals surface area contributed by atoms with Crippen LogP contribution in [0.15, 0.2) is 0 Å². The Bertz CT molecular complexity index is 233. The van der Waals surface area contributed by atoms with Gasteiger partial charge in [0.1, 0.15) is 0 Å². The summed E-state index contributed by atoms with van der Waals surface area (Å²) in [4.78, 5) is 0. The van der Waals surface area contributed by atoms with E-state index in [9.17, 15) is 0 Å². The van der Waals surface area contributed by atoms with Crippen LogP contribution in [0.1, 0.15) is 72.1 Å². The lowest BCUT2D eigenvalue weighted by molar-refractivity contribution is 0.0998. The van der Waals surface area contributed by atoms with Crippen molar-refractivity contribution < 1.29 is 0 Å². The molecule has 8 N–H and O–H groups in total. The maximum atomic E-state index is 6.12. The Labute approximate surface area is 126 Å². The molecule has 1 saturated carbocycles. The molecule has 1 aliphatic carbocycles. The fourth-order valence-corrected chi connectivity index (χ4v) is 2.65. The fourth-order valence-electron chi connectivity index (χ4n) is 2.65. The van der Waals surface area contributed by atoms with Crippen LogP contribution in [0.3, 0.4) is 0 Å². The molecule has 1 fully saturated rings. The van der Waals surface area contributed by atoms with Crippen molar-refractivity contribution in [2.45, 2.75) is 77.8 Å². The van der Waals surface area contributed by atoms with Crippen LogP contribution >= 0.6 is 0 Å². The molecule has 0 radical (unpaired) electrons. The second-order valence-corrected chi connectivity index (χ2v) is 6.90. The molecule has 0 amide bonds. The van der Waals surface area contributed by atoms with Crippen molar-refractivity contribution in [3.05, 3.63) is 0 Å². The average molecular weight is 287 g/mol. The molecule has 4 heteroatoms. The van der Waals surface area contributed by atoms with Gasteiger partial charge in [-0.25, -0.2) is 0 Å². The molecule has 0 heterocycles. The lowest BCUT2D eigenvalue weighted by Gasteiger charge is -2.43. The molecule has 0 spiro atoms. The molecule has 0 aliphatic heterocycles. The van der Waals surface area contributed by atoms with E-state index in [1.54, 1.807) is 0 Å². The smallest absolute Gasteiger partial charge is 0.0691 e. The minimum atomic E-state index is -0.469.